The molecular weight excluding hydrogens is 264 g/mol. The lowest BCUT2D eigenvalue weighted by molar-refractivity contribution is -0.384. The van der Waals surface area contributed by atoms with Gasteiger partial charge in [-0.2, -0.15) is 0 Å². The third-order valence-electron chi connectivity index (χ3n) is 2.22. The number of nitro benzene ring substituents is 1. The predicted octanol–water partition coefficient (Wildman–Crippen LogP) is 1.63. The normalized spacial score (nSPS) is 10.8. The zero-order valence-electron chi connectivity index (χ0n) is 11.1. The number of carbonyl (C=O) groups is 2. The molecule has 1 rings (SSSR count). The van der Waals surface area contributed by atoms with Crippen molar-refractivity contribution in [1.29, 1.82) is 0 Å². The Morgan fingerprint density at radius 1 is 1.35 bits per heavy atom. The highest BCUT2D eigenvalue weighted by molar-refractivity contribution is 5.97. The molecule has 1 aromatic rings. The van der Waals surface area contributed by atoms with Crippen LogP contribution >= 0.6 is 0 Å². The lowest BCUT2D eigenvalue weighted by Gasteiger charge is -2.07. The number of nitrogens with zero attached hydrogens (tertiary/aromatic N) is 1. The first-order chi connectivity index (χ1) is 9.43. The molecule has 0 fully saturated rings. The number of rotatable bonds is 5. The first-order valence-corrected chi connectivity index (χ1v) is 5.85. The molecule has 0 aliphatic heterocycles. The fourth-order valence-corrected chi connectivity index (χ4v) is 1.40. The molecule has 0 unspecified atom stereocenters. The molecule has 0 radical (unpaired) electrons. The second-order valence-electron chi connectivity index (χ2n) is 3.81. The zero-order chi connectivity index (χ0) is 15.1. The molecule has 1 N–H and O–H groups in total. The summed E-state index contributed by atoms with van der Waals surface area (Å²) in [4.78, 5) is 32.7. The van der Waals surface area contributed by atoms with Gasteiger partial charge in [-0.3, -0.25) is 14.9 Å². The number of carbonyl (C=O) groups excluding carboxylic acids is 2. The lowest BCUT2D eigenvalue weighted by Crippen LogP contribution is -2.26. The van der Waals surface area contributed by atoms with Crippen molar-refractivity contribution in [3.63, 3.8) is 0 Å². The van der Waals surface area contributed by atoms with Gasteiger partial charge in [-0.05, 0) is 30.7 Å². The highest BCUT2D eigenvalue weighted by Crippen LogP contribution is 2.14. The Kier molecular flexibility index (Phi) is 5.40. The summed E-state index contributed by atoms with van der Waals surface area (Å²) < 4.78 is 4.81. The van der Waals surface area contributed by atoms with Crippen LogP contribution in [0.1, 0.15) is 19.4 Å². The van der Waals surface area contributed by atoms with Crippen molar-refractivity contribution in [2.75, 3.05) is 6.61 Å². The fraction of sp³-hybridized carbons (Fsp3) is 0.231. The number of ether oxygens (including phenoxy) is 1. The molecule has 1 amide bonds. The molecule has 0 spiro atoms. The number of amides is 1. The van der Waals surface area contributed by atoms with Crippen LogP contribution in [0.4, 0.5) is 5.69 Å². The number of esters is 1. The van der Waals surface area contributed by atoms with Gasteiger partial charge in [0.05, 0.1) is 11.5 Å². The van der Waals surface area contributed by atoms with Gasteiger partial charge in [0.2, 0.25) is 5.91 Å². The Morgan fingerprint density at radius 2 is 1.95 bits per heavy atom. The minimum Gasteiger partial charge on any atom is -0.461 e. The Bertz CT molecular complexity index is 548. The number of hydrogen-bond donors (Lipinski definition) is 1. The van der Waals surface area contributed by atoms with Crippen LogP contribution in [0.2, 0.25) is 0 Å². The van der Waals surface area contributed by atoms with Crippen molar-refractivity contribution in [3.8, 4) is 0 Å². The van der Waals surface area contributed by atoms with Crippen LogP contribution in [0.15, 0.2) is 30.0 Å². The van der Waals surface area contributed by atoms with E-state index in [1.807, 2.05) is 0 Å². The minimum atomic E-state index is -0.666. The van der Waals surface area contributed by atoms with Crippen molar-refractivity contribution in [2.24, 2.45) is 0 Å². The first-order valence-electron chi connectivity index (χ1n) is 5.85. The topological polar surface area (TPSA) is 98.5 Å². The van der Waals surface area contributed by atoms with E-state index in [0.29, 0.717) is 5.56 Å². The van der Waals surface area contributed by atoms with Crippen LogP contribution < -0.4 is 5.32 Å². The van der Waals surface area contributed by atoms with Crippen LogP contribution in [-0.2, 0) is 14.3 Å². The van der Waals surface area contributed by atoms with Gasteiger partial charge in [-0.25, -0.2) is 4.79 Å². The van der Waals surface area contributed by atoms with Crippen molar-refractivity contribution < 1.29 is 19.2 Å². The standard InChI is InChI=1S/C13H14N2O5/c1-3-20-13(17)12(14-9(2)16)8-10-4-6-11(7-5-10)15(18)19/h4-8H,3H2,1-2H3,(H,14,16)/b12-8-. The molecule has 0 atom stereocenters. The second-order valence-corrected chi connectivity index (χ2v) is 3.81. The van der Waals surface area contributed by atoms with Gasteiger partial charge >= 0.3 is 5.97 Å². The molecule has 0 saturated carbocycles. The molecular formula is C13H14N2O5. The van der Waals surface area contributed by atoms with Crippen LogP contribution in [0.5, 0.6) is 0 Å². The van der Waals surface area contributed by atoms with Crippen LogP contribution in [-0.4, -0.2) is 23.4 Å². The first kappa shape index (κ1) is 15.4. The van der Waals surface area contributed by atoms with Crippen molar-refractivity contribution in [1.82, 2.24) is 5.32 Å². The summed E-state index contributed by atoms with van der Waals surface area (Å²) in [6.07, 6.45) is 1.39. The lowest BCUT2D eigenvalue weighted by atomic mass is 10.1. The maximum Gasteiger partial charge on any atom is 0.354 e. The summed E-state index contributed by atoms with van der Waals surface area (Å²) in [6.45, 7) is 3.09. The van der Waals surface area contributed by atoms with E-state index in [-0.39, 0.29) is 18.0 Å². The summed E-state index contributed by atoms with van der Waals surface area (Å²) in [5, 5.41) is 12.9. The highest BCUT2D eigenvalue weighted by Gasteiger charge is 2.12. The molecule has 0 aromatic heterocycles. The molecule has 7 heteroatoms. The highest BCUT2D eigenvalue weighted by atomic mass is 16.6. The molecule has 0 heterocycles. The number of non-ortho nitro benzene ring substituents is 1. The van der Waals surface area contributed by atoms with Gasteiger partial charge in [0.25, 0.3) is 5.69 Å². The number of nitro groups is 1. The van der Waals surface area contributed by atoms with Crippen LogP contribution in [0, 0.1) is 10.1 Å². The third-order valence-corrected chi connectivity index (χ3v) is 2.22. The molecule has 0 aliphatic rings. The second kappa shape index (κ2) is 7.03. The van der Waals surface area contributed by atoms with E-state index in [4.69, 9.17) is 4.74 Å². The molecule has 106 valence electrons. The van der Waals surface area contributed by atoms with Gasteiger partial charge in [0.15, 0.2) is 0 Å². The van der Waals surface area contributed by atoms with Gasteiger partial charge in [-0.15, -0.1) is 0 Å². The van der Waals surface area contributed by atoms with E-state index >= 15 is 0 Å². The smallest absolute Gasteiger partial charge is 0.354 e. The van der Waals surface area contributed by atoms with E-state index in [0.717, 1.165) is 0 Å². The van der Waals surface area contributed by atoms with E-state index in [1.165, 1.54) is 37.3 Å². The maximum atomic E-state index is 11.6. The van der Waals surface area contributed by atoms with Crippen LogP contribution in [0.25, 0.3) is 6.08 Å². The van der Waals surface area contributed by atoms with Gasteiger partial charge in [-0.1, -0.05) is 0 Å². The monoisotopic (exact) mass is 278 g/mol. The summed E-state index contributed by atoms with van der Waals surface area (Å²) in [5.41, 5.74) is 0.458. The Hall–Kier alpha value is -2.70. The third kappa shape index (κ3) is 4.52. The number of benzene rings is 1. The molecule has 20 heavy (non-hydrogen) atoms. The van der Waals surface area contributed by atoms with Crippen molar-refractivity contribution in [3.05, 3.63) is 45.6 Å². The molecule has 1 aromatic carbocycles. The largest absolute Gasteiger partial charge is 0.461 e. The summed E-state index contributed by atoms with van der Waals surface area (Å²) in [6, 6.07) is 5.56. The summed E-state index contributed by atoms with van der Waals surface area (Å²) in [7, 11) is 0. The Balaban J connectivity index is 3.02. The maximum absolute atomic E-state index is 11.6. The molecule has 7 nitrogen and oxygen atoms in total. The van der Waals surface area contributed by atoms with E-state index < -0.39 is 16.8 Å². The zero-order valence-corrected chi connectivity index (χ0v) is 11.1. The predicted molar refractivity (Wildman–Crippen MR) is 71.5 cm³/mol. The Morgan fingerprint density at radius 3 is 2.40 bits per heavy atom. The van der Waals surface area contributed by atoms with Gasteiger partial charge in [0, 0.05) is 19.1 Å². The molecule has 0 aliphatic carbocycles. The SMILES string of the molecule is CCOC(=O)/C(=C/c1ccc([N+](=O)[O-])cc1)NC(C)=O. The fourth-order valence-electron chi connectivity index (χ4n) is 1.40. The molecule has 0 saturated heterocycles. The summed E-state index contributed by atoms with van der Waals surface area (Å²) >= 11 is 0. The van der Waals surface area contributed by atoms with Gasteiger partial charge in [0.1, 0.15) is 5.70 Å². The van der Waals surface area contributed by atoms with Crippen LogP contribution in [0.3, 0.4) is 0 Å². The van der Waals surface area contributed by atoms with Crippen molar-refractivity contribution >= 4 is 23.6 Å². The Labute approximate surface area is 115 Å². The van der Waals surface area contributed by atoms with E-state index in [2.05, 4.69) is 5.32 Å². The summed E-state index contributed by atoms with van der Waals surface area (Å²) in [5.74, 6) is -1.08. The quantitative estimate of drug-likeness (QED) is 0.382. The average molecular weight is 278 g/mol. The molecule has 0 bridgehead atoms. The number of nitrogens with one attached hydrogen (secondary N) is 1. The minimum absolute atomic E-state index is 0.0202. The van der Waals surface area contributed by atoms with Gasteiger partial charge < -0.3 is 10.1 Å². The average Bonchev–Trinajstić information content (AvgIpc) is 2.38. The van der Waals surface area contributed by atoms with E-state index in [9.17, 15) is 19.7 Å². The van der Waals surface area contributed by atoms with E-state index in [1.54, 1.807) is 6.92 Å². The number of hydrogen-bond acceptors (Lipinski definition) is 5. The van der Waals surface area contributed by atoms with Crippen molar-refractivity contribution in [2.45, 2.75) is 13.8 Å².